The van der Waals surface area contributed by atoms with E-state index in [2.05, 4.69) is 27.7 Å². The van der Waals surface area contributed by atoms with Crippen molar-refractivity contribution in [3.8, 4) is 0 Å². The number of piperazine rings is 1. The molecule has 0 aromatic heterocycles. The average molecular weight is 406 g/mol. The molecule has 0 aliphatic carbocycles. The Morgan fingerprint density at radius 1 is 0.933 bits per heavy atom. The summed E-state index contributed by atoms with van der Waals surface area (Å²) in [6, 6.07) is 16.5. The third-order valence-corrected chi connectivity index (χ3v) is 5.67. The number of nitrogens with one attached hydrogen (secondary N) is 2. The van der Waals surface area contributed by atoms with Gasteiger partial charge in [-0.3, -0.25) is 19.3 Å². The molecule has 1 saturated heterocycles. The fourth-order valence-corrected chi connectivity index (χ4v) is 3.94. The first-order chi connectivity index (χ1) is 14.6. The number of carbonyl (C=O) groups excluding carboxylic acids is 3. The van der Waals surface area contributed by atoms with Crippen LogP contribution in [-0.2, 0) is 16.1 Å². The van der Waals surface area contributed by atoms with Gasteiger partial charge in [0.1, 0.15) is 6.04 Å². The number of benzene rings is 2. The first kappa shape index (κ1) is 20.1. The Morgan fingerprint density at radius 3 is 2.40 bits per heavy atom. The molecule has 2 aliphatic heterocycles. The van der Waals surface area contributed by atoms with E-state index in [9.17, 15) is 14.4 Å². The summed E-state index contributed by atoms with van der Waals surface area (Å²) in [4.78, 5) is 41.7. The van der Waals surface area contributed by atoms with Crippen molar-refractivity contribution in [3.63, 3.8) is 0 Å². The van der Waals surface area contributed by atoms with Crippen LogP contribution in [0, 0.1) is 0 Å². The summed E-state index contributed by atoms with van der Waals surface area (Å²) < 4.78 is 0. The Balaban J connectivity index is 1.26. The van der Waals surface area contributed by atoms with E-state index in [4.69, 9.17) is 0 Å². The predicted octanol–water partition coefficient (Wildman–Crippen LogP) is 1.86. The van der Waals surface area contributed by atoms with E-state index in [0.717, 1.165) is 19.6 Å². The summed E-state index contributed by atoms with van der Waals surface area (Å²) in [6.45, 7) is 3.91. The maximum atomic E-state index is 12.7. The van der Waals surface area contributed by atoms with Crippen molar-refractivity contribution < 1.29 is 14.4 Å². The zero-order chi connectivity index (χ0) is 20.9. The molecule has 2 N–H and O–H groups in total. The number of carbonyl (C=O) groups is 3. The Bertz CT molecular complexity index is 923. The Labute approximate surface area is 176 Å². The van der Waals surface area contributed by atoms with Gasteiger partial charge in [0.15, 0.2) is 0 Å². The van der Waals surface area contributed by atoms with Crippen molar-refractivity contribution in [2.45, 2.75) is 25.4 Å². The van der Waals surface area contributed by atoms with Crippen molar-refractivity contribution >= 4 is 23.4 Å². The normalized spacial score (nSPS) is 19.5. The number of nitrogens with zero attached hydrogens (tertiary/aromatic N) is 2. The highest BCUT2D eigenvalue weighted by molar-refractivity contribution is 6.09. The molecule has 0 radical (unpaired) electrons. The van der Waals surface area contributed by atoms with Crippen LogP contribution in [0.1, 0.15) is 28.8 Å². The molecule has 3 amide bonds. The van der Waals surface area contributed by atoms with Crippen LogP contribution in [0.2, 0.25) is 0 Å². The van der Waals surface area contributed by atoms with Crippen LogP contribution in [-0.4, -0.2) is 59.7 Å². The highest BCUT2D eigenvalue weighted by Crippen LogP contribution is 2.19. The number of anilines is 1. The lowest BCUT2D eigenvalue weighted by Crippen LogP contribution is -2.49. The number of hydrogen-bond donors (Lipinski definition) is 2. The SMILES string of the molecule is O=C1N[C@@H](CCC(=O)N2CCN(Cc3ccccc3)CC2)C(=O)Nc2ccccc21. The van der Waals surface area contributed by atoms with E-state index in [1.54, 1.807) is 24.3 Å². The first-order valence-electron chi connectivity index (χ1n) is 10.3. The molecule has 2 heterocycles. The zero-order valence-corrected chi connectivity index (χ0v) is 16.8. The van der Waals surface area contributed by atoms with Crippen LogP contribution in [0.4, 0.5) is 5.69 Å². The van der Waals surface area contributed by atoms with Crippen LogP contribution in [0.3, 0.4) is 0 Å². The zero-order valence-electron chi connectivity index (χ0n) is 16.8. The highest BCUT2D eigenvalue weighted by Gasteiger charge is 2.29. The summed E-state index contributed by atoms with van der Waals surface area (Å²) in [6.07, 6.45) is 0.516. The third-order valence-electron chi connectivity index (χ3n) is 5.67. The van der Waals surface area contributed by atoms with Crippen molar-refractivity contribution in [2.24, 2.45) is 0 Å². The summed E-state index contributed by atoms with van der Waals surface area (Å²) >= 11 is 0. The molecule has 0 spiro atoms. The summed E-state index contributed by atoms with van der Waals surface area (Å²) in [5, 5.41) is 5.53. The molecule has 2 aliphatic rings. The number of amides is 3. The largest absolute Gasteiger partial charge is 0.340 e. The second-order valence-corrected chi connectivity index (χ2v) is 7.74. The molecule has 1 atom stereocenters. The van der Waals surface area contributed by atoms with Crippen LogP contribution in [0.25, 0.3) is 0 Å². The Kier molecular flexibility index (Phi) is 6.09. The van der Waals surface area contributed by atoms with Gasteiger partial charge in [-0.05, 0) is 24.1 Å². The minimum Gasteiger partial charge on any atom is -0.340 e. The molecule has 156 valence electrons. The topological polar surface area (TPSA) is 81.8 Å². The van der Waals surface area contributed by atoms with Crippen LogP contribution in [0.15, 0.2) is 54.6 Å². The van der Waals surface area contributed by atoms with E-state index in [-0.39, 0.29) is 30.6 Å². The molecule has 0 saturated carbocycles. The van der Waals surface area contributed by atoms with Crippen LogP contribution >= 0.6 is 0 Å². The van der Waals surface area contributed by atoms with E-state index in [0.29, 0.717) is 24.3 Å². The summed E-state index contributed by atoms with van der Waals surface area (Å²) in [5.74, 6) is -0.553. The van der Waals surface area contributed by atoms with Crippen molar-refractivity contribution in [3.05, 3.63) is 65.7 Å². The Morgan fingerprint density at radius 2 is 1.63 bits per heavy atom. The lowest BCUT2D eigenvalue weighted by Gasteiger charge is -2.35. The molecule has 1 fully saturated rings. The van der Waals surface area contributed by atoms with E-state index in [1.807, 2.05) is 23.1 Å². The number of para-hydroxylation sites is 1. The second-order valence-electron chi connectivity index (χ2n) is 7.74. The van der Waals surface area contributed by atoms with Crippen molar-refractivity contribution in [1.82, 2.24) is 15.1 Å². The molecular formula is C23H26N4O3. The minimum absolute atomic E-state index is 0.0261. The van der Waals surface area contributed by atoms with Gasteiger partial charge in [0.25, 0.3) is 5.91 Å². The summed E-state index contributed by atoms with van der Waals surface area (Å²) in [7, 11) is 0. The predicted molar refractivity (Wildman–Crippen MR) is 114 cm³/mol. The monoisotopic (exact) mass is 406 g/mol. The number of fused-ring (bicyclic) bond motifs is 1. The number of rotatable bonds is 5. The molecule has 30 heavy (non-hydrogen) atoms. The van der Waals surface area contributed by atoms with Gasteiger partial charge in [-0.1, -0.05) is 42.5 Å². The number of hydrogen-bond acceptors (Lipinski definition) is 4. The van der Waals surface area contributed by atoms with Crippen molar-refractivity contribution in [2.75, 3.05) is 31.5 Å². The lowest BCUT2D eigenvalue weighted by atomic mass is 10.1. The smallest absolute Gasteiger partial charge is 0.254 e. The van der Waals surface area contributed by atoms with Gasteiger partial charge in [-0.25, -0.2) is 0 Å². The van der Waals surface area contributed by atoms with Gasteiger partial charge >= 0.3 is 0 Å². The molecular weight excluding hydrogens is 380 g/mol. The molecule has 2 aromatic rings. The molecule has 2 aromatic carbocycles. The third kappa shape index (κ3) is 4.68. The van der Waals surface area contributed by atoms with Gasteiger partial charge in [0.2, 0.25) is 11.8 Å². The Hall–Kier alpha value is -3.19. The maximum Gasteiger partial charge on any atom is 0.254 e. The van der Waals surface area contributed by atoms with Crippen LogP contribution < -0.4 is 10.6 Å². The molecule has 0 bridgehead atoms. The van der Waals surface area contributed by atoms with Gasteiger partial charge < -0.3 is 15.5 Å². The summed E-state index contributed by atoms with van der Waals surface area (Å²) in [5.41, 5.74) is 2.21. The molecule has 7 heteroatoms. The van der Waals surface area contributed by atoms with Gasteiger partial charge in [0.05, 0.1) is 11.3 Å². The fraction of sp³-hybridized carbons (Fsp3) is 0.348. The highest BCUT2D eigenvalue weighted by atomic mass is 16.2. The lowest BCUT2D eigenvalue weighted by molar-refractivity contribution is -0.133. The fourth-order valence-electron chi connectivity index (χ4n) is 3.94. The quantitative estimate of drug-likeness (QED) is 0.794. The molecule has 0 unspecified atom stereocenters. The van der Waals surface area contributed by atoms with E-state index in [1.165, 1.54) is 5.56 Å². The van der Waals surface area contributed by atoms with Crippen molar-refractivity contribution in [1.29, 1.82) is 0 Å². The van der Waals surface area contributed by atoms with Gasteiger partial charge in [0, 0.05) is 39.1 Å². The van der Waals surface area contributed by atoms with Gasteiger partial charge in [-0.15, -0.1) is 0 Å². The first-order valence-corrected chi connectivity index (χ1v) is 10.3. The molecule has 7 nitrogen and oxygen atoms in total. The standard InChI is InChI=1S/C23H26N4O3/c28-21(27-14-12-26(13-15-27)16-17-6-2-1-3-7-17)11-10-20-23(30)24-19-9-5-4-8-18(19)22(29)25-20/h1-9,20H,10-16H2,(H,24,30)(H,25,29)/t20-/m0/s1. The minimum atomic E-state index is -0.715. The maximum absolute atomic E-state index is 12.7. The second kappa shape index (κ2) is 9.09. The van der Waals surface area contributed by atoms with E-state index >= 15 is 0 Å². The van der Waals surface area contributed by atoms with Crippen LogP contribution in [0.5, 0.6) is 0 Å². The molecule has 4 rings (SSSR count). The van der Waals surface area contributed by atoms with E-state index < -0.39 is 6.04 Å². The average Bonchev–Trinajstić information content (AvgIpc) is 2.89. The van der Waals surface area contributed by atoms with Gasteiger partial charge in [-0.2, -0.15) is 0 Å².